The molecule has 1 aromatic heterocycles. The lowest BCUT2D eigenvalue weighted by Gasteiger charge is -2.08. The quantitative estimate of drug-likeness (QED) is 0.627. The van der Waals surface area contributed by atoms with Gasteiger partial charge in [0.25, 0.3) is 11.2 Å². The smallest absolute Gasteiger partial charge is 0.337 e. The van der Waals surface area contributed by atoms with Gasteiger partial charge in [-0.05, 0) is 12.1 Å². The van der Waals surface area contributed by atoms with E-state index < -0.39 is 28.9 Å². The van der Waals surface area contributed by atoms with Gasteiger partial charge in [-0.2, -0.15) is 0 Å². The number of carboxylic acid groups (broad SMARTS) is 1. The zero-order valence-corrected chi connectivity index (χ0v) is 11.6. The van der Waals surface area contributed by atoms with Crippen LogP contribution in [-0.4, -0.2) is 26.5 Å². The highest BCUT2D eigenvalue weighted by atomic mass is 16.6. The third-order valence-electron chi connectivity index (χ3n) is 2.89. The third-order valence-corrected chi connectivity index (χ3v) is 2.89. The van der Waals surface area contributed by atoms with Crippen molar-refractivity contribution in [2.45, 2.75) is 6.54 Å². The van der Waals surface area contributed by atoms with Crippen molar-refractivity contribution in [1.82, 2.24) is 4.57 Å². The predicted octanol–water partition coefficient (Wildman–Crippen LogP) is 1.09. The molecule has 2 N–H and O–H groups in total. The fraction of sp³-hybridized carbons (Fsp3) is 0.0714. The van der Waals surface area contributed by atoms with E-state index in [0.717, 1.165) is 22.9 Å². The van der Waals surface area contributed by atoms with Crippen LogP contribution in [0.4, 0.5) is 11.4 Å². The summed E-state index contributed by atoms with van der Waals surface area (Å²) in [6.07, 6.45) is 1.05. The van der Waals surface area contributed by atoms with Crippen molar-refractivity contribution in [3.8, 4) is 0 Å². The molecule has 2 rings (SSSR count). The van der Waals surface area contributed by atoms with Gasteiger partial charge in [-0.15, -0.1) is 0 Å². The molecule has 0 spiro atoms. The van der Waals surface area contributed by atoms with Crippen LogP contribution < -0.4 is 10.9 Å². The van der Waals surface area contributed by atoms with Crippen molar-refractivity contribution < 1.29 is 19.6 Å². The van der Waals surface area contributed by atoms with Gasteiger partial charge in [0.1, 0.15) is 6.54 Å². The zero-order valence-electron chi connectivity index (χ0n) is 11.6. The molecule has 23 heavy (non-hydrogen) atoms. The molecule has 0 radical (unpaired) electrons. The molecule has 0 aliphatic carbocycles. The van der Waals surface area contributed by atoms with Crippen LogP contribution in [0.2, 0.25) is 0 Å². The van der Waals surface area contributed by atoms with Crippen LogP contribution >= 0.6 is 0 Å². The summed E-state index contributed by atoms with van der Waals surface area (Å²) < 4.78 is 0.941. The van der Waals surface area contributed by atoms with Gasteiger partial charge in [0, 0.05) is 30.1 Å². The minimum atomic E-state index is -1.22. The van der Waals surface area contributed by atoms with Gasteiger partial charge in [-0.1, -0.05) is 6.07 Å². The number of pyridine rings is 1. The Morgan fingerprint density at radius 1 is 1.26 bits per heavy atom. The lowest BCUT2D eigenvalue weighted by Crippen LogP contribution is -2.27. The van der Waals surface area contributed by atoms with Crippen molar-refractivity contribution in [3.05, 3.63) is 68.6 Å². The molecular formula is C14H11N3O6. The van der Waals surface area contributed by atoms with Crippen LogP contribution in [0.25, 0.3) is 0 Å². The van der Waals surface area contributed by atoms with E-state index in [4.69, 9.17) is 5.11 Å². The van der Waals surface area contributed by atoms with E-state index in [2.05, 4.69) is 5.32 Å². The standard InChI is InChI=1S/C14H11N3O6/c18-12(15-10-2-1-3-11(6-10)17(22)23)8-16-7-9(14(20)21)4-5-13(16)19/h1-7H,8H2,(H,15,18)(H,20,21). The number of nitrogens with one attached hydrogen (secondary N) is 1. The van der Waals surface area contributed by atoms with Crippen LogP contribution in [0, 0.1) is 10.1 Å². The van der Waals surface area contributed by atoms with Gasteiger partial charge in [0.05, 0.1) is 10.5 Å². The van der Waals surface area contributed by atoms with Crippen molar-refractivity contribution in [2.24, 2.45) is 0 Å². The number of carbonyl (C=O) groups is 2. The van der Waals surface area contributed by atoms with E-state index in [1.54, 1.807) is 0 Å². The molecule has 1 amide bonds. The van der Waals surface area contributed by atoms with Gasteiger partial charge in [0.2, 0.25) is 5.91 Å². The Balaban J connectivity index is 2.15. The summed E-state index contributed by atoms with van der Waals surface area (Å²) in [6, 6.07) is 7.50. The minimum Gasteiger partial charge on any atom is -0.478 e. The number of amides is 1. The fourth-order valence-electron chi connectivity index (χ4n) is 1.83. The molecule has 0 unspecified atom stereocenters. The van der Waals surface area contributed by atoms with Gasteiger partial charge >= 0.3 is 5.97 Å². The van der Waals surface area contributed by atoms with Crippen molar-refractivity contribution >= 4 is 23.3 Å². The molecule has 118 valence electrons. The minimum absolute atomic E-state index is 0.132. The number of anilines is 1. The molecule has 9 heteroatoms. The molecule has 1 aromatic carbocycles. The van der Waals surface area contributed by atoms with Gasteiger partial charge in [0.15, 0.2) is 0 Å². The topological polar surface area (TPSA) is 132 Å². The first-order valence-electron chi connectivity index (χ1n) is 6.35. The highest BCUT2D eigenvalue weighted by Crippen LogP contribution is 2.16. The summed E-state index contributed by atoms with van der Waals surface area (Å²) in [5.74, 6) is -1.84. The van der Waals surface area contributed by atoms with E-state index in [9.17, 15) is 24.5 Å². The molecule has 0 bridgehead atoms. The Morgan fingerprint density at radius 3 is 2.65 bits per heavy atom. The number of aromatic carboxylic acids is 1. The van der Waals surface area contributed by atoms with E-state index in [-0.39, 0.29) is 16.9 Å². The van der Waals surface area contributed by atoms with Gasteiger partial charge < -0.3 is 15.0 Å². The van der Waals surface area contributed by atoms with E-state index >= 15 is 0 Å². The van der Waals surface area contributed by atoms with Crippen LogP contribution in [-0.2, 0) is 11.3 Å². The van der Waals surface area contributed by atoms with Gasteiger partial charge in [-0.25, -0.2) is 4.79 Å². The van der Waals surface area contributed by atoms with E-state index in [0.29, 0.717) is 0 Å². The van der Waals surface area contributed by atoms with Crippen LogP contribution in [0.5, 0.6) is 0 Å². The van der Waals surface area contributed by atoms with Crippen LogP contribution in [0.15, 0.2) is 47.4 Å². The number of benzene rings is 1. The molecular weight excluding hydrogens is 306 g/mol. The summed E-state index contributed by atoms with van der Waals surface area (Å²) in [6.45, 7) is -0.414. The second kappa shape index (κ2) is 6.52. The Hall–Kier alpha value is -3.49. The van der Waals surface area contributed by atoms with Crippen LogP contribution in [0.1, 0.15) is 10.4 Å². The fourth-order valence-corrected chi connectivity index (χ4v) is 1.83. The van der Waals surface area contributed by atoms with E-state index in [1.807, 2.05) is 0 Å². The van der Waals surface area contributed by atoms with Crippen LogP contribution in [0.3, 0.4) is 0 Å². The molecule has 0 fully saturated rings. The Kier molecular flexibility index (Phi) is 4.50. The number of aromatic nitrogens is 1. The number of carboxylic acids is 1. The second-order valence-electron chi connectivity index (χ2n) is 4.54. The number of hydrogen-bond acceptors (Lipinski definition) is 5. The summed E-state index contributed by atoms with van der Waals surface area (Å²) in [5, 5.41) is 22.0. The lowest BCUT2D eigenvalue weighted by molar-refractivity contribution is -0.384. The molecule has 0 saturated carbocycles. The number of nitro groups is 1. The second-order valence-corrected chi connectivity index (χ2v) is 4.54. The summed E-state index contributed by atoms with van der Waals surface area (Å²) in [4.78, 5) is 44.5. The van der Waals surface area contributed by atoms with Crippen molar-refractivity contribution in [1.29, 1.82) is 0 Å². The Morgan fingerprint density at radius 2 is 2.00 bits per heavy atom. The largest absolute Gasteiger partial charge is 0.478 e. The molecule has 9 nitrogen and oxygen atoms in total. The number of hydrogen-bond donors (Lipinski definition) is 2. The number of rotatable bonds is 5. The summed E-state index contributed by atoms with van der Waals surface area (Å²) >= 11 is 0. The zero-order chi connectivity index (χ0) is 17.0. The molecule has 2 aromatic rings. The Bertz CT molecular complexity index is 842. The number of carbonyl (C=O) groups excluding carboxylic acids is 1. The van der Waals surface area contributed by atoms with Crippen molar-refractivity contribution in [2.75, 3.05) is 5.32 Å². The monoisotopic (exact) mass is 317 g/mol. The van der Waals surface area contributed by atoms with E-state index in [1.165, 1.54) is 24.3 Å². The van der Waals surface area contributed by atoms with Gasteiger partial charge in [-0.3, -0.25) is 19.7 Å². The molecule has 0 aliphatic rings. The number of nitrogens with zero attached hydrogens (tertiary/aromatic N) is 2. The summed E-state index contributed by atoms with van der Waals surface area (Å²) in [7, 11) is 0. The number of nitro benzene ring substituents is 1. The van der Waals surface area contributed by atoms with Crippen molar-refractivity contribution in [3.63, 3.8) is 0 Å². The average Bonchev–Trinajstić information content (AvgIpc) is 2.49. The summed E-state index contributed by atoms with van der Waals surface area (Å²) in [5.41, 5.74) is -0.656. The first kappa shape index (κ1) is 15.9. The maximum atomic E-state index is 11.9. The SMILES string of the molecule is O=C(Cn1cc(C(=O)O)ccc1=O)Nc1cccc([N+](=O)[O-])c1. The highest BCUT2D eigenvalue weighted by Gasteiger charge is 2.11. The first-order chi connectivity index (χ1) is 10.9. The number of non-ortho nitro benzene ring substituents is 1. The molecule has 0 atom stereocenters. The lowest BCUT2D eigenvalue weighted by atomic mass is 10.2. The normalized spacial score (nSPS) is 10.1. The molecule has 0 saturated heterocycles. The first-order valence-corrected chi connectivity index (χ1v) is 6.35. The highest BCUT2D eigenvalue weighted by molar-refractivity contribution is 5.91. The maximum absolute atomic E-state index is 11.9. The predicted molar refractivity (Wildman–Crippen MR) is 79.4 cm³/mol. The molecule has 1 heterocycles. The molecule has 0 aliphatic heterocycles. The Labute approximate surface area is 128 Å². The third kappa shape index (κ3) is 4.00. The maximum Gasteiger partial charge on any atom is 0.337 e. The average molecular weight is 317 g/mol.